The number of benzene rings is 1. The molecular weight excluding hydrogens is 238 g/mol. The Balaban J connectivity index is 2.21. The summed E-state index contributed by atoms with van der Waals surface area (Å²) in [6.45, 7) is 0. The van der Waals surface area contributed by atoms with E-state index in [1.54, 1.807) is 6.07 Å². The van der Waals surface area contributed by atoms with E-state index < -0.39 is 23.8 Å². The third-order valence-electron chi connectivity index (χ3n) is 2.64. The van der Waals surface area contributed by atoms with Crippen LogP contribution in [-0.4, -0.2) is 30.9 Å². The van der Waals surface area contributed by atoms with E-state index >= 15 is 0 Å². The van der Waals surface area contributed by atoms with Crippen LogP contribution >= 0.6 is 0 Å². The highest BCUT2D eigenvalue weighted by molar-refractivity contribution is 6.44. The van der Waals surface area contributed by atoms with Gasteiger partial charge in [0.05, 0.1) is 12.7 Å². The molecule has 0 spiro atoms. The van der Waals surface area contributed by atoms with E-state index in [1.807, 2.05) is 0 Å². The van der Waals surface area contributed by atoms with Crippen LogP contribution in [-0.2, 0) is 20.7 Å². The molecule has 6 heteroatoms. The number of hydrogen-bond donors (Lipinski definition) is 1. The van der Waals surface area contributed by atoms with Gasteiger partial charge in [0.25, 0.3) is 5.78 Å². The van der Waals surface area contributed by atoms with Crippen LogP contribution in [0.2, 0.25) is 0 Å². The number of ether oxygens (including phenoxy) is 2. The number of carbonyl (C=O) groups excluding carboxylic acids is 3. The zero-order valence-electron chi connectivity index (χ0n) is 9.64. The molecule has 1 atom stereocenters. The first-order valence-electron chi connectivity index (χ1n) is 5.25. The number of ketones is 1. The van der Waals surface area contributed by atoms with Crippen molar-refractivity contribution < 1.29 is 23.9 Å². The van der Waals surface area contributed by atoms with Gasteiger partial charge in [-0.2, -0.15) is 0 Å². The van der Waals surface area contributed by atoms with Crippen LogP contribution in [0.15, 0.2) is 18.2 Å². The van der Waals surface area contributed by atoms with Gasteiger partial charge in [-0.15, -0.1) is 0 Å². The van der Waals surface area contributed by atoms with Crippen LogP contribution in [0.1, 0.15) is 15.9 Å². The summed E-state index contributed by atoms with van der Waals surface area (Å²) in [5, 5.41) is 0. The van der Waals surface area contributed by atoms with Gasteiger partial charge in [0.2, 0.25) is 0 Å². The Bertz CT molecular complexity index is 537. The Morgan fingerprint density at radius 3 is 2.83 bits per heavy atom. The number of esters is 2. The number of carbonyl (C=O) groups is 3. The minimum absolute atomic E-state index is 0.203. The average Bonchev–Trinajstić information content (AvgIpc) is 2.64. The lowest BCUT2D eigenvalue weighted by molar-refractivity contribution is -0.142. The maximum atomic E-state index is 11.4. The standard InChI is InChI=1S/C12H11NO5/c1-17-11(15)8(13)5-6-2-3-9-7(4-6)10(14)12(16)18-9/h2-4,8H,5,13H2,1H3/t8-/m0/s1. The zero-order valence-corrected chi connectivity index (χ0v) is 9.64. The van der Waals surface area contributed by atoms with Gasteiger partial charge in [-0.1, -0.05) is 6.07 Å². The summed E-state index contributed by atoms with van der Waals surface area (Å²) >= 11 is 0. The maximum Gasteiger partial charge on any atom is 0.385 e. The van der Waals surface area contributed by atoms with Crippen LogP contribution in [0.3, 0.4) is 0 Å². The molecule has 1 aromatic rings. The molecule has 0 aromatic heterocycles. The molecule has 0 fully saturated rings. The van der Waals surface area contributed by atoms with Crippen molar-refractivity contribution in [1.82, 2.24) is 0 Å². The highest BCUT2D eigenvalue weighted by atomic mass is 16.5. The molecular formula is C12H11NO5. The molecule has 94 valence electrons. The molecule has 0 bridgehead atoms. The van der Waals surface area contributed by atoms with Crippen molar-refractivity contribution >= 4 is 17.7 Å². The molecule has 0 saturated carbocycles. The minimum atomic E-state index is -0.889. The molecule has 1 aliphatic rings. The van der Waals surface area contributed by atoms with Crippen LogP contribution < -0.4 is 10.5 Å². The van der Waals surface area contributed by atoms with E-state index in [-0.39, 0.29) is 17.7 Å². The molecule has 0 aliphatic carbocycles. The summed E-state index contributed by atoms with van der Waals surface area (Å²) < 4.78 is 9.24. The van der Waals surface area contributed by atoms with Crippen LogP contribution in [0, 0.1) is 0 Å². The summed E-state index contributed by atoms with van der Waals surface area (Å²) in [5.41, 5.74) is 6.48. The van der Waals surface area contributed by atoms with Gasteiger partial charge in [0.15, 0.2) is 0 Å². The third-order valence-corrected chi connectivity index (χ3v) is 2.64. The lowest BCUT2D eigenvalue weighted by Gasteiger charge is -2.09. The van der Waals surface area contributed by atoms with Gasteiger partial charge in [0.1, 0.15) is 11.8 Å². The fraction of sp³-hybridized carbons (Fsp3) is 0.250. The maximum absolute atomic E-state index is 11.4. The zero-order chi connectivity index (χ0) is 13.3. The molecule has 1 aliphatic heterocycles. The molecule has 0 radical (unpaired) electrons. The van der Waals surface area contributed by atoms with E-state index in [0.29, 0.717) is 5.56 Å². The first kappa shape index (κ1) is 12.3. The average molecular weight is 249 g/mol. The number of methoxy groups -OCH3 is 1. The molecule has 0 saturated heterocycles. The Morgan fingerprint density at radius 2 is 2.17 bits per heavy atom. The van der Waals surface area contributed by atoms with Crippen molar-refractivity contribution in [3.8, 4) is 5.75 Å². The molecule has 0 unspecified atom stereocenters. The van der Waals surface area contributed by atoms with Crippen molar-refractivity contribution in [1.29, 1.82) is 0 Å². The van der Waals surface area contributed by atoms with E-state index in [2.05, 4.69) is 4.74 Å². The Kier molecular flexibility index (Phi) is 3.12. The first-order valence-corrected chi connectivity index (χ1v) is 5.25. The minimum Gasteiger partial charge on any atom is -0.468 e. The molecule has 0 amide bonds. The molecule has 6 nitrogen and oxygen atoms in total. The van der Waals surface area contributed by atoms with Gasteiger partial charge in [0, 0.05) is 0 Å². The number of Topliss-reactive ketones (excluding diaryl/α,β-unsaturated/α-hetero) is 1. The van der Waals surface area contributed by atoms with Crippen LogP contribution in [0.25, 0.3) is 0 Å². The second kappa shape index (κ2) is 4.58. The molecule has 1 heterocycles. The Hall–Kier alpha value is -2.21. The number of hydrogen-bond acceptors (Lipinski definition) is 6. The van der Waals surface area contributed by atoms with Gasteiger partial charge < -0.3 is 15.2 Å². The SMILES string of the molecule is COC(=O)[C@@H](N)Cc1ccc2c(c1)C(=O)C(=O)O2. The van der Waals surface area contributed by atoms with Gasteiger partial charge >= 0.3 is 11.9 Å². The van der Waals surface area contributed by atoms with Crippen molar-refractivity contribution in [3.05, 3.63) is 29.3 Å². The van der Waals surface area contributed by atoms with E-state index in [0.717, 1.165) is 0 Å². The number of nitrogens with two attached hydrogens (primary N) is 1. The monoisotopic (exact) mass is 249 g/mol. The summed E-state index contributed by atoms with van der Waals surface area (Å²) in [7, 11) is 1.25. The Morgan fingerprint density at radius 1 is 1.44 bits per heavy atom. The third kappa shape index (κ3) is 2.10. The lowest BCUT2D eigenvalue weighted by Crippen LogP contribution is -2.33. The Labute approximate surface area is 103 Å². The fourth-order valence-electron chi connectivity index (χ4n) is 1.72. The van der Waals surface area contributed by atoms with Crippen LogP contribution in [0.5, 0.6) is 5.75 Å². The molecule has 1 aromatic carbocycles. The summed E-state index contributed by atoms with van der Waals surface area (Å²) in [5.74, 6) is -1.87. The molecule has 18 heavy (non-hydrogen) atoms. The fourth-order valence-corrected chi connectivity index (χ4v) is 1.72. The topological polar surface area (TPSA) is 95.7 Å². The smallest absolute Gasteiger partial charge is 0.385 e. The first-order chi connectivity index (χ1) is 8.52. The lowest BCUT2D eigenvalue weighted by atomic mass is 10.0. The van der Waals surface area contributed by atoms with E-state index in [1.165, 1.54) is 19.2 Å². The number of fused-ring (bicyclic) bond motifs is 1. The van der Waals surface area contributed by atoms with Crippen molar-refractivity contribution in [3.63, 3.8) is 0 Å². The summed E-state index contributed by atoms with van der Waals surface area (Å²) in [6.07, 6.45) is 0.224. The quantitative estimate of drug-likeness (QED) is 0.454. The highest BCUT2D eigenvalue weighted by Crippen LogP contribution is 2.27. The second-order valence-electron chi connectivity index (χ2n) is 3.88. The van der Waals surface area contributed by atoms with Gasteiger partial charge in [-0.3, -0.25) is 9.59 Å². The van der Waals surface area contributed by atoms with Crippen molar-refractivity contribution in [2.45, 2.75) is 12.5 Å². The van der Waals surface area contributed by atoms with E-state index in [4.69, 9.17) is 10.5 Å². The highest BCUT2D eigenvalue weighted by Gasteiger charge is 2.31. The van der Waals surface area contributed by atoms with Crippen molar-refractivity contribution in [2.75, 3.05) is 7.11 Å². The molecule has 2 rings (SSSR count). The normalized spacial score (nSPS) is 15.0. The predicted octanol–water partition coefficient (Wildman–Crippen LogP) is -0.169. The summed E-state index contributed by atoms with van der Waals surface area (Å²) in [4.78, 5) is 33.6. The summed E-state index contributed by atoms with van der Waals surface area (Å²) in [6, 6.07) is 3.86. The van der Waals surface area contributed by atoms with Crippen molar-refractivity contribution in [2.24, 2.45) is 5.73 Å². The second-order valence-corrected chi connectivity index (χ2v) is 3.88. The van der Waals surface area contributed by atoms with Gasteiger partial charge in [-0.25, -0.2) is 4.79 Å². The van der Waals surface area contributed by atoms with Gasteiger partial charge in [-0.05, 0) is 24.1 Å². The molecule has 2 N–H and O–H groups in total. The predicted molar refractivity (Wildman–Crippen MR) is 60.1 cm³/mol. The van der Waals surface area contributed by atoms with Crippen LogP contribution in [0.4, 0.5) is 0 Å². The largest absolute Gasteiger partial charge is 0.468 e. The van der Waals surface area contributed by atoms with E-state index in [9.17, 15) is 14.4 Å². The number of rotatable bonds is 3.